The predicted molar refractivity (Wildman–Crippen MR) is 67.5 cm³/mol. The largest absolute Gasteiger partial charge is 0.309 e. The Bertz CT molecular complexity index is 531. The Morgan fingerprint density at radius 3 is 2.53 bits per heavy atom. The molecule has 6 heteroatoms. The van der Waals surface area contributed by atoms with Crippen molar-refractivity contribution in [2.75, 3.05) is 0 Å². The van der Waals surface area contributed by atoms with E-state index in [0.29, 0.717) is 24.7 Å². The second-order valence-corrected chi connectivity index (χ2v) is 4.72. The van der Waals surface area contributed by atoms with E-state index in [2.05, 4.69) is 15.6 Å². The minimum Gasteiger partial charge on any atom is -0.309 e. The van der Waals surface area contributed by atoms with Gasteiger partial charge in [0.2, 0.25) is 0 Å². The molecule has 0 saturated carbocycles. The number of hydrogen-bond donors (Lipinski definition) is 1. The first kappa shape index (κ1) is 13.6. The molecular weight excluding hydrogens is 250 g/mol. The molecule has 2 aromatic rings. The van der Waals surface area contributed by atoms with E-state index in [-0.39, 0.29) is 0 Å². The standard InChI is InChI=1S/C13H16F2N4/c1-9(2)16-6-13-8-19(18-17-13)7-10-3-11(14)5-12(15)4-10/h3-5,8-9,16H,6-7H2,1-2H3. The van der Waals surface area contributed by atoms with Crippen molar-refractivity contribution in [3.8, 4) is 0 Å². The molecule has 0 unspecified atom stereocenters. The van der Waals surface area contributed by atoms with Gasteiger partial charge in [0.25, 0.3) is 0 Å². The van der Waals surface area contributed by atoms with Crippen molar-refractivity contribution in [1.29, 1.82) is 0 Å². The number of nitrogens with one attached hydrogen (secondary N) is 1. The molecule has 1 aromatic heterocycles. The molecule has 0 spiro atoms. The Hall–Kier alpha value is -1.82. The van der Waals surface area contributed by atoms with Gasteiger partial charge in [0, 0.05) is 18.7 Å². The second-order valence-electron chi connectivity index (χ2n) is 4.72. The molecule has 2 rings (SSSR count). The number of aromatic nitrogens is 3. The third kappa shape index (κ3) is 4.10. The van der Waals surface area contributed by atoms with Gasteiger partial charge in [0.1, 0.15) is 11.6 Å². The molecule has 0 fully saturated rings. The van der Waals surface area contributed by atoms with Crippen LogP contribution >= 0.6 is 0 Å². The summed E-state index contributed by atoms with van der Waals surface area (Å²) < 4.78 is 27.7. The van der Waals surface area contributed by atoms with Crippen molar-refractivity contribution in [1.82, 2.24) is 20.3 Å². The summed E-state index contributed by atoms with van der Waals surface area (Å²) in [7, 11) is 0. The molecule has 0 saturated heterocycles. The first-order chi connectivity index (χ1) is 9.02. The van der Waals surface area contributed by atoms with Gasteiger partial charge in [-0.15, -0.1) is 5.10 Å². The van der Waals surface area contributed by atoms with E-state index in [1.807, 2.05) is 13.8 Å². The molecule has 19 heavy (non-hydrogen) atoms. The van der Waals surface area contributed by atoms with Crippen LogP contribution in [-0.4, -0.2) is 21.0 Å². The van der Waals surface area contributed by atoms with Gasteiger partial charge in [-0.3, -0.25) is 0 Å². The molecule has 0 amide bonds. The molecule has 0 bridgehead atoms. The first-order valence-electron chi connectivity index (χ1n) is 6.10. The molecule has 1 aromatic carbocycles. The van der Waals surface area contributed by atoms with Crippen LogP contribution < -0.4 is 5.32 Å². The summed E-state index contributed by atoms with van der Waals surface area (Å²) >= 11 is 0. The average Bonchev–Trinajstić information content (AvgIpc) is 2.72. The van der Waals surface area contributed by atoms with Crippen LogP contribution in [0.4, 0.5) is 8.78 Å². The minimum atomic E-state index is -0.586. The van der Waals surface area contributed by atoms with Crippen LogP contribution in [-0.2, 0) is 13.1 Å². The Balaban J connectivity index is 2.03. The van der Waals surface area contributed by atoms with Crippen molar-refractivity contribution in [2.45, 2.75) is 33.0 Å². The lowest BCUT2D eigenvalue weighted by Gasteiger charge is -2.04. The van der Waals surface area contributed by atoms with Crippen LogP contribution in [0.2, 0.25) is 0 Å². The molecule has 1 N–H and O–H groups in total. The maximum Gasteiger partial charge on any atom is 0.126 e. The number of halogens is 2. The summed E-state index contributed by atoms with van der Waals surface area (Å²) in [5, 5.41) is 11.1. The maximum atomic E-state index is 13.1. The SMILES string of the molecule is CC(C)NCc1cn(Cc2cc(F)cc(F)c2)nn1. The van der Waals surface area contributed by atoms with Gasteiger partial charge in [0.15, 0.2) is 0 Å². The lowest BCUT2D eigenvalue weighted by molar-refractivity contribution is 0.572. The highest BCUT2D eigenvalue weighted by atomic mass is 19.1. The quantitative estimate of drug-likeness (QED) is 0.901. The van der Waals surface area contributed by atoms with Crippen molar-refractivity contribution in [3.63, 3.8) is 0 Å². The molecule has 4 nitrogen and oxygen atoms in total. The van der Waals surface area contributed by atoms with Crippen LogP contribution in [0.1, 0.15) is 25.1 Å². The van der Waals surface area contributed by atoms with Gasteiger partial charge in [-0.2, -0.15) is 0 Å². The highest BCUT2D eigenvalue weighted by Gasteiger charge is 2.05. The van der Waals surface area contributed by atoms with Gasteiger partial charge < -0.3 is 5.32 Å². The Morgan fingerprint density at radius 1 is 1.21 bits per heavy atom. The summed E-state index contributed by atoms with van der Waals surface area (Å²) in [6, 6.07) is 3.79. The zero-order valence-electron chi connectivity index (χ0n) is 10.9. The van der Waals surface area contributed by atoms with Crippen LogP contribution in [0.3, 0.4) is 0 Å². The molecule has 0 aliphatic carbocycles. The van der Waals surface area contributed by atoms with Crippen LogP contribution in [0.25, 0.3) is 0 Å². The fourth-order valence-corrected chi connectivity index (χ4v) is 1.69. The van der Waals surface area contributed by atoms with Crippen molar-refractivity contribution in [3.05, 3.63) is 47.3 Å². The van der Waals surface area contributed by atoms with Crippen molar-refractivity contribution >= 4 is 0 Å². The van der Waals surface area contributed by atoms with Gasteiger partial charge in [-0.05, 0) is 17.7 Å². The number of benzene rings is 1. The summed E-state index contributed by atoms with van der Waals surface area (Å²) in [6.07, 6.45) is 1.76. The zero-order chi connectivity index (χ0) is 13.8. The average molecular weight is 266 g/mol. The van der Waals surface area contributed by atoms with Crippen LogP contribution in [0.5, 0.6) is 0 Å². The highest BCUT2D eigenvalue weighted by Crippen LogP contribution is 2.09. The smallest absolute Gasteiger partial charge is 0.126 e. The summed E-state index contributed by atoms with van der Waals surface area (Å²) in [5.41, 5.74) is 1.32. The normalized spacial score (nSPS) is 11.2. The molecule has 0 radical (unpaired) electrons. The van der Waals surface area contributed by atoms with E-state index in [1.165, 1.54) is 12.1 Å². The van der Waals surface area contributed by atoms with E-state index in [4.69, 9.17) is 0 Å². The van der Waals surface area contributed by atoms with Gasteiger partial charge in [-0.1, -0.05) is 19.1 Å². The monoisotopic (exact) mass is 266 g/mol. The molecular formula is C13H16F2N4. The third-order valence-corrected chi connectivity index (χ3v) is 2.54. The maximum absolute atomic E-state index is 13.1. The molecule has 0 atom stereocenters. The summed E-state index contributed by atoms with van der Waals surface area (Å²) in [4.78, 5) is 0. The lowest BCUT2D eigenvalue weighted by atomic mass is 10.2. The highest BCUT2D eigenvalue weighted by molar-refractivity contribution is 5.18. The van der Waals surface area contributed by atoms with Gasteiger partial charge >= 0.3 is 0 Å². The Labute approximate surface area is 110 Å². The van der Waals surface area contributed by atoms with Crippen molar-refractivity contribution < 1.29 is 8.78 Å². The molecule has 0 aliphatic rings. The fourth-order valence-electron chi connectivity index (χ4n) is 1.69. The van der Waals surface area contributed by atoms with E-state index < -0.39 is 11.6 Å². The van der Waals surface area contributed by atoms with E-state index in [1.54, 1.807) is 10.9 Å². The number of hydrogen-bond acceptors (Lipinski definition) is 3. The first-order valence-corrected chi connectivity index (χ1v) is 6.10. The van der Waals surface area contributed by atoms with E-state index in [9.17, 15) is 8.78 Å². The predicted octanol–water partition coefficient (Wildman–Crippen LogP) is 2.10. The molecule has 0 aliphatic heterocycles. The molecule has 102 valence electrons. The Kier molecular flexibility index (Phi) is 4.21. The molecule has 1 heterocycles. The minimum absolute atomic E-state index is 0.295. The van der Waals surface area contributed by atoms with Gasteiger partial charge in [0.05, 0.1) is 18.4 Å². The van der Waals surface area contributed by atoms with E-state index in [0.717, 1.165) is 11.8 Å². The zero-order valence-corrected chi connectivity index (χ0v) is 10.9. The number of rotatable bonds is 5. The van der Waals surface area contributed by atoms with Crippen LogP contribution in [0, 0.1) is 11.6 Å². The summed E-state index contributed by atoms with van der Waals surface area (Å²) in [6.45, 7) is 5.00. The van der Waals surface area contributed by atoms with Crippen molar-refractivity contribution in [2.24, 2.45) is 0 Å². The Morgan fingerprint density at radius 2 is 1.89 bits per heavy atom. The topological polar surface area (TPSA) is 42.7 Å². The van der Waals surface area contributed by atoms with E-state index >= 15 is 0 Å². The van der Waals surface area contributed by atoms with Gasteiger partial charge in [-0.25, -0.2) is 13.5 Å². The summed E-state index contributed by atoms with van der Waals surface area (Å²) in [5.74, 6) is -1.17. The fraction of sp³-hybridized carbons (Fsp3) is 0.385. The number of nitrogens with zero attached hydrogens (tertiary/aromatic N) is 3. The van der Waals surface area contributed by atoms with Crippen LogP contribution in [0.15, 0.2) is 24.4 Å². The lowest BCUT2D eigenvalue weighted by Crippen LogP contribution is -2.21. The second kappa shape index (κ2) is 5.88. The third-order valence-electron chi connectivity index (χ3n) is 2.54.